The van der Waals surface area contributed by atoms with Gasteiger partial charge in [-0.2, -0.15) is 0 Å². The van der Waals surface area contributed by atoms with Crippen molar-refractivity contribution in [1.82, 2.24) is 10.9 Å². The van der Waals surface area contributed by atoms with Gasteiger partial charge in [0.05, 0.1) is 17.7 Å². The van der Waals surface area contributed by atoms with Crippen molar-refractivity contribution in [3.8, 4) is 11.5 Å². The highest BCUT2D eigenvalue weighted by molar-refractivity contribution is 9.10. The highest BCUT2D eigenvalue weighted by Gasteiger charge is 2.12. The van der Waals surface area contributed by atoms with Gasteiger partial charge in [-0.25, -0.2) is 0 Å². The Hall–Kier alpha value is -3.07. The molecule has 0 aliphatic heterocycles. The van der Waals surface area contributed by atoms with Crippen molar-refractivity contribution in [2.75, 3.05) is 18.5 Å². The zero-order chi connectivity index (χ0) is 23.3. The Morgan fingerprint density at radius 2 is 1.62 bits per heavy atom. The summed E-state index contributed by atoms with van der Waals surface area (Å²) >= 11 is 3.38. The number of hydrogen-bond acceptors (Lipinski definition) is 5. The van der Waals surface area contributed by atoms with Crippen LogP contribution in [0.1, 0.15) is 49.9 Å². The standard InChI is InChI=1S/C23H28BrN3O5/c1-3-5-14-32-20-11-6-16(15-19(20)24)23(30)27-26-22(29)13-12-21(28)25-17-7-9-18(10-8-17)31-4-2/h6-11,15H,3-5,12-14H2,1-2H3,(H,25,28)(H,26,29)(H,27,30). The molecule has 0 fully saturated rings. The summed E-state index contributed by atoms with van der Waals surface area (Å²) in [6.07, 6.45) is 1.88. The summed E-state index contributed by atoms with van der Waals surface area (Å²) in [5, 5.41) is 2.71. The van der Waals surface area contributed by atoms with Gasteiger partial charge in [0, 0.05) is 24.1 Å². The number of rotatable bonds is 11. The van der Waals surface area contributed by atoms with Gasteiger partial charge in [-0.15, -0.1) is 0 Å². The van der Waals surface area contributed by atoms with E-state index in [4.69, 9.17) is 9.47 Å². The molecule has 9 heteroatoms. The molecule has 0 saturated heterocycles. The Labute approximate surface area is 196 Å². The minimum absolute atomic E-state index is 0.0236. The van der Waals surface area contributed by atoms with Crippen LogP contribution in [-0.4, -0.2) is 30.9 Å². The molecule has 0 saturated carbocycles. The molecular formula is C23H28BrN3O5. The maximum absolute atomic E-state index is 12.2. The Morgan fingerprint density at radius 1 is 0.906 bits per heavy atom. The Kier molecular flexibility index (Phi) is 10.5. The molecule has 32 heavy (non-hydrogen) atoms. The average Bonchev–Trinajstić information content (AvgIpc) is 2.78. The third-order valence-corrected chi connectivity index (χ3v) is 4.91. The lowest BCUT2D eigenvalue weighted by Crippen LogP contribution is -2.41. The second kappa shape index (κ2) is 13.4. The van der Waals surface area contributed by atoms with Crippen molar-refractivity contribution in [3.63, 3.8) is 0 Å². The molecule has 3 N–H and O–H groups in total. The third kappa shape index (κ3) is 8.58. The van der Waals surface area contributed by atoms with Crippen LogP contribution < -0.4 is 25.6 Å². The van der Waals surface area contributed by atoms with E-state index in [9.17, 15) is 14.4 Å². The van der Waals surface area contributed by atoms with E-state index in [-0.39, 0.29) is 18.7 Å². The molecule has 0 aliphatic rings. The number of ether oxygens (including phenoxy) is 2. The number of hydrazine groups is 1. The molecule has 0 atom stereocenters. The summed E-state index contributed by atoms with van der Waals surface area (Å²) in [6, 6.07) is 11.9. The van der Waals surface area contributed by atoms with Gasteiger partial charge in [-0.3, -0.25) is 25.2 Å². The first-order chi connectivity index (χ1) is 15.4. The molecule has 0 heterocycles. The van der Waals surface area contributed by atoms with Crippen LogP contribution >= 0.6 is 15.9 Å². The molecule has 8 nitrogen and oxygen atoms in total. The van der Waals surface area contributed by atoms with Crippen LogP contribution in [0.3, 0.4) is 0 Å². The minimum atomic E-state index is -0.474. The maximum Gasteiger partial charge on any atom is 0.269 e. The van der Waals surface area contributed by atoms with E-state index in [1.165, 1.54) is 0 Å². The van der Waals surface area contributed by atoms with Crippen molar-refractivity contribution >= 4 is 39.3 Å². The molecule has 3 amide bonds. The van der Waals surface area contributed by atoms with Gasteiger partial charge in [-0.05, 0) is 71.7 Å². The molecule has 172 valence electrons. The summed E-state index contributed by atoms with van der Waals surface area (Å²) in [6.45, 7) is 5.13. The van der Waals surface area contributed by atoms with Crippen LogP contribution in [0.5, 0.6) is 11.5 Å². The maximum atomic E-state index is 12.2. The Balaban J connectivity index is 1.73. The quantitative estimate of drug-likeness (QED) is 0.313. The van der Waals surface area contributed by atoms with Crippen LogP contribution in [0.2, 0.25) is 0 Å². The molecule has 0 radical (unpaired) electrons. The van der Waals surface area contributed by atoms with Gasteiger partial charge in [0.1, 0.15) is 11.5 Å². The molecule has 0 aliphatic carbocycles. The smallest absolute Gasteiger partial charge is 0.269 e. The van der Waals surface area contributed by atoms with Gasteiger partial charge >= 0.3 is 0 Å². The Bertz CT molecular complexity index is 918. The highest BCUT2D eigenvalue weighted by atomic mass is 79.9. The van der Waals surface area contributed by atoms with Gasteiger partial charge in [0.25, 0.3) is 5.91 Å². The summed E-state index contributed by atoms with van der Waals surface area (Å²) in [5.74, 6) is 0.110. The SMILES string of the molecule is CCCCOc1ccc(C(=O)NNC(=O)CCC(=O)Nc2ccc(OCC)cc2)cc1Br. The van der Waals surface area contributed by atoms with Gasteiger partial charge in [0.2, 0.25) is 11.8 Å². The van der Waals surface area contributed by atoms with E-state index in [1.807, 2.05) is 6.92 Å². The fourth-order valence-electron chi connectivity index (χ4n) is 2.60. The summed E-state index contributed by atoms with van der Waals surface area (Å²) in [7, 11) is 0. The first kappa shape index (κ1) is 25.2. The summed E-state index contributed by atoms with van der Waals surface area (Å²) in [4.78, 5) is 36.2. The predicted molar refractivity (Wildman–Crippen MR) is 126 cm³/mol. The molecule has 0 unspecified atom stereocenters. The molecule has 2 aromatic carbocycles. The number of carbonyl (C=O) groups is 3. The number of anilines is 1. The molecule has 0 aromatic heterocycles. The number of hydrogen-bond donors (Lipinski definition) is 3. The number of benzene rings is 2. The van der Waals surface area contributed by atoms with Crippen LogP contribution in [-0.2, 0) is 9.59 Å². The molecule has 0 spiro atoms. The zero-order valence-electron chi connectivity index (χ0n) is 18.2. The van der Waals surface area contributed by atoms with Crippen molar-refractivity contribution in [3.05, 3.63) is 52.5 Å². The zero-order valence-corrected chi connectivity index (χ0v) is 19.8. The van der Waals surface area contributed by atoms with E-state index in [1.54, 1.807) is 42.5 Å². The molecule has 0 bridgehead atoms. The van der Waals surface area contributed by atoms with Crippen molar-refractivity contribution in [2.24, 2.45) is 0 Å². The second-order valence-electron chi connectivity index (χ2n) is 6.86. The lowest BCUT2D eigenvalue weighted by molar-refractivity contribution is -0.124. The van der Waals surface area contributed by atoms with E-state index >= 15 is 0 Å². The van der Waals surface area contributed by atoms with Crippen molar-refractivity contribution in [1.29, 1.82) is 0 Å². The van der Waals surface area contributed by atoms with Crippen molar-refractivity contribution in [2.45, 2.75) is 39.5 Å². The number of amides is 3. The van der Waals surface area contributed by atoms with E-state index in [0.29, 0.717) is 40.4 Å². The predicted octanol–water partition coefficient (Wildman–Crippen LogP) is 4.21. The van der Waals surface area contributed by atoms with E-state index < -0.39 is 11.8 Å². The number of unbranched alkanes of at least 4 members (excludes halogenated alkanes) is 1. The van der Waals surface area contributed by atoms with Crippen LogP contribution in [0, 0.1) is 0 Å². The number of nitrogens with one attached hydrogen (secondary N) is 3. The molecular weight excluding hydrogens is 478 g/mol. The van der Waals surface area contributed by atoms with Crippen molar-refractivity contribution < 1.29 is 23.9 Å². The van der Waals surface area contributed by atoms with Gasteiger partial charge in [0.15, 0.2) is 0 Å². The summed E-state index contributed by atoms with van der Waals surface area (Å²) < 4.78 is 11.6. The number of halogens is 1. The lowest BCUT2D eigenvalue weighted by atomic mass is 10.2. The van der Waals surface area contributed by atoms with Gasteiger partial charge in [-0.1, -0.05) is 13.3 Å². The second-order valence-corrected chi connectivity index (χ2v) is 7.71. The fraction of sp³-hybridized carbons (Fsp3) is 0.348. The topological polar surface area (TPSA) is 106 Å². The average molecular weight is 506 g/mol. The normalized spacial score (nSPS) is 10.2. The van der Waals surface area contributed by atoms with Crippen LogP contribution in [0.4, 0.5) is 5.69 Å². The third-order valence-electron chi connectivity index (χ3n) is 4.29. The minimum Gasteiger partial charge on any atom is -0.494 e. The number of carbonyl (C=O) groups excluding carboxylic acids is 3. The summed E-state index contributed by atoms with van der Waals surface area (Å²) in [5.41, 5.74) is 5.63. The monoisotopic (exact) mass is 505 g/mol. The van der Waals surface area contributed by atoms with E-state index in [2.05, 4.69) is 39.0 Å². The highest BCUT2D eigenvalue weighted by Crippen LogP contribution is 2.26. The first-order valence-corrected chi connectivity index (χ1v) is 11.3. The fourth-order valence-corrected chi connectivity index (χ4v) is 3.09. The molecule has 2 rings (SSSR count). The van der Waals surface area contributed by atoms with E-state index in [0.717, 1.165) is 12.8 Å². The van der Waals surface area contributed by atoms with Gasteiger partial charge < -0.3 is 14.8 Å². The largest absolute Gasteiger partial charge is 0.494 e. The van der Waals surface area contributed by atoms with Crippen LogP contribution in [0.25, 0.3) is 0 Å². The van der Waals surface area contributed by atoms with Crippen LogP contribution in [0.15, 0.2) is 46.9 Å². The lowest BCUT2D eigenvalue weighted by Gasteiger charge is -2.11. The Morgan fingerprint density at radius 3 is 2.28 bits per heavy atom. The molecule has 2 aromatic rings. The first-order valence-electron chi connectivity index (χ1n) is 10.5.